The van der Waals surface area contributed by atoms with Gasteiger partial charge in [0.15, 0.2) is 5.58 Å². The van der Waals surface area contributed by atoms with E-state index in [1.54, 1.807) is 0 Å². The van der Waals surface area contributed by atoms with Gasteiger partial charge in [-0.25, -0.2) is 4.98 Å². The SMILES string of the molecule is CCc1ccc2oc(-c3cccc(NC(=O)CCl)c3C)nc2c1. The molecule has 0 atom stereocenters. The number of benzene rings is 2. The Balaban J connectivity index is 2.04. The second-order valence-corrected chi connectivity index (χ2v) is 5.60. The Morgan fingerprint density at radius 2 is 2.13 bits per heavy atom. The molecule has 0 saturated carbocycles. The maximum atomic E-state index is 11.5. The van der Waals surface area contributed by atoms with E-state index in [1.165, 1.54) is 5.56 Å². The summed E-state index contributed by atoms with van der Waals surface area (Å²) in [4.78, 5) is 16.1. The summed E-state index contributed by atoms with van der Waals surface area (Å²) in [7, 11) is 0. The van der Waals surface area contributed by atoms with Gasteiger partial charge in [-0.3, -0.25) is 4.79 Å². The molecule has 0 radical (unpaired) electrons. The number of amides is 1. The van der Waals surface area contributed by atoms with Gasteiger partial charge in [0.1, 0.15) is 11.4 Å². The summed E-state index contributed by atoms with van der Waals surface area (Å²) in [5.41, 5.74) is 5.28. The summed E-state index contributed by atoms with van der Waals surface area (Å²) in [5.74, 6) is 0.233. The van der Waals surface area contributed by atoms with Crippen molar-refractivity contribution in [3.8, 4) is 11.5 Å². The van der Waals surface area contributed by atoms with Crippen molar-refractivity contribution >= 4 is 34.3 Å². The molecule has 2 aromatic carbocycles. The Labute approximate surface area is 139 Å². The quantitative estimate of drug-likeness (QED) is 0.715. The first-order valence-electron chi connectivity index (χ1n) is 7.47. The monoisotopic (exact) mass is 328 g/mol. The van der Waals surface area contributed by atoms with E-state index in [9.17, 15) is 4.79 Å². The average molecular weight is 329 g/mol. The number of alkyl halides is 1. The molecule has 4 nitrogen and oxygen atoms in total. The summed E-state index contributed by atoms with van der Waals surface area (Å²) < 4.78 is 5.87. The number of nitrogens with zero attached hydrogens (tertiary/aromatic N) is 1. The van der Waals surface area contributed by atoms with Crippen LogP contribution in [0.2, 0.25) is 0 Å². The van der Waals surface area contributed by atoms with Gasteiger partial charge in [-0.05, 0) is 48.7 Å². The Bertz CT molecular complexity index is 871. The molecule has 0 saturated heterocycles. The molecule has 1 heterocycles. The molecule has 1 aromatic heterocycles. The van der Waals surface area contributed by atoms with Crippen LogP contribution in [0.3, 0.4) is 0 Å². The van der Waals surface area contributed by atoms with Gasteiger partial charge in [0.05, 0.1) is 0 Å². The first-order chi connectivity index (χ1) is 11.1. The lowest BCUT2D eigenvalue weighted by atomic mass is 10.1. The molecule has 1 N–H and O–H groups in total. The van der Waals surface area contributed by atoms with Crippen LogP contribution in [0.15, 0.2) is 40.8 Å². The minimum atomic E-state index is -0.239. The molecule has 0 aliphatic rings. The van der Waals surface area contributed by atoms with Crippen LogP contribution in [0.4, 0.5) is 5.69 Å². The number of rotatable bonds is 4. The van der Waals surface area contributed by atoms with Gasteiger partial charge in [0, 0.05) is 11.3 Å². The zero-order chi connectivity index (χ0) is 16.4. The molecule has 23 heavy (non-hydrogen) atoms. The Hall–Kier alpha value is -2.33. The minimum absolute atomic E-state index is 0.0770. The number of nitrogens with one attached hydrogen (secondary N) is 1. The smallest absolute Gasteiger partial charge is 0.239 e. The van der Waals surface area contributed by atoms with Crippen molar-refractivity contribution in [1.82, 2.24) is 4.98 Å². The highest BCUT2D eigenvalue weighted by molar-refractivity contribution is 6.29. The van der Waals surface area contributed by atoms with E-state index in [1.807, 2.05) is 43.3 Å². The molecule has 1 amide bonds. The van der Waals surface area contributed by atoms with Gasteiger partial charge in [-0.15, -0.1) is 11.6 Å². The highest BCUT2D eigenvalue weighted by atomic mass is 35.5. The predicted octanol–water partition coefficient (Wildman–Crippen LogP) is 4.54. The first-order valence-corrected chi connectivity index (χ1v) is 8.01. The molecule has 0 bridgehead atoms. The number of halogens is 1. The fraction of sp³-hybridized carbons (Fsp3) is 0.222. The number of hydrogen-bond donors (Lipinski definition) is 1. The lowest BCUT2D eigenvalue weighted by Gasteiger charge is -2.09. The van der Waals surface area contributed by atoms with E-state index >= 15 is 0 Å². The molecule has 118 valence electrons. The van der Waals surface area contributed by atoms with Crippen molar-refractivity contribution in [2.75, 3.05) is 11.2 Å². The summed E-state index contributed by atoms with van der Waals surface area (Å²) in [6.45, 7) is 4.03. The number of aryl methyl sites for hydroxylation is 1. The van der Waals surface area contributed by atoms with Crippen LogP contribution < -0.4 is 5.32 Å². The largest absolute Gasteiger partial charge is 0.436 e. The third kappa shape index (κ3) is 3.08. The third-order valence-corrected chi connectivity index (χ3v) is 4.06. The third-order valence-electron chi connectivity index (χ3n) is 3.82. The molecule has 0 aliphatic carbocycles. The van der Waals surface area contributed by atoms with E-state index in [0.29, 0.717) is 11.6 Å². The highest BCUT2D eigenvalue weighted by Crippen LogP contribution is 2.30. The van der Waals surface area contributed by atoms with Crippen molar-refractivity contribution in [3.63, 3.8) is 0 Å². The van der Waals surface area contributed by atoms with Gasteiger partial charge >= 0.3 is 0 Å². The molecule has 0 aliphatic heterocycles. The van der Waals surface area contributed by atoms with E-state index < -0.39 is 0 Å². The molecule has 0 unspecified atom stereocenters. The molecule has 3 aromatic rings. The van der Waals surface area contributed by atoms with Crippen LogP contribution in [-0.2, 0) is 11.2 Å². The standard InChI is InChI=1S/C18H17ClN2O2/c1-3-12-7-8-16-15(9-12)21-18(23-16)13-5-4-6-14(11(13)2)20-17(22)10-19/h4-9H,3,10H2,1-2H3,(H,20,22). The van der Waals surface area contributed by atoms with Crippen molar-refractivity contribution in [2.24, 2.45) is 0 Å². The predicted molar refractivity (Wildman–Crippen MR) is 92.9 cm³/mol. The van der Waals surface area contributed by atoms with Crippen molar-refractivity contribution < 1.29 is 9.21 Å². The van der Waals surface area contributed by atoms with Crippen molar-refractivity contribution in [1.29, 1.82) is 0 Å². The number of carbonyl (C=O) groups excluding carboxylic acids is 1. The van der Waals surface area contributed by atoms with E-state index in [2.05, 4.69) is 17.2 Å². The van der Waals surface area contributed by atoms with Gasteiger partial charge in [-0.1, -0.05) is 19.1 Å². The van der Waals surface area contributed by atoms with Gasteiger partial charge in [0.2, 0.25) is 11.8 Å². The number of oxazole rings is 1. The average Bonchev–Trinajstić information content (AvgIpc) is 2.99. The molecular weight excluding hydrogens is 312 g/mol. The summed E-state index contributed by atoms with van der Waals surface area (Å²) >= 11 is 5.55. The van der Waals surface area contributed by atoms with Crippen molar-refractivity contribution in [3.05, 3.63) is 47.5 Å². The first kappa shape index (κ1) is 15.6. The van der Waals surface area contributed by atoms with Gasteiger partial charge < -0.3 is 9.73 Å². The van der Waals surface area contributed by atoms with Crippen LogP contribution >= 0.6 is 11.6 Å². The minimum Gasteiger partial charge on any atom is -0.436 e. The lowest BCUT2D eigenvalue weighted by Crippen LogP contribution is -2.13. The molecule has 0 spiro atoms. The van der Waals surface area contributed by atoms with Crippen molar-refractivity contribution in [2.45, 2.75) is 20.3 Å². The van der Waals surface area contributed by atoms with Crippen LogP contribution in [0.5, 0.6) is 0 Å². The van der Waals surface area contributed by atoms with Crippen LogP contribution in [0.1, 0.15) is 18.1 Å². The topological polar surface area (TPSA) is 55.1 Å². The van der Waals surface area contributed by atoms with E-state index in [0.717, 1.165) is 28.6 Å². The van der Waals surface area contributed by atoms with Gasteiger partial charge in [0.25, 0.3) is 0 Å². The fourth-order valence-corrected chi connectivity index (χ4v) is 2.56. The van der Waals surface area contributed by atoms with E-state index in [4.69, 9.17) is 16.0 Å². The van der Waals surface area contributed by atoms with Crippen LogP contribution in [0.25, 0.3) is 22.6 Å². The summed E-state index contributed by atoms with van der Waals surface area (Å²) in [6, 6.07) is 11.6. The zero-order valence-corrected chi connectivity index (χ0v) is 13.8. The van der Waals surface area contributed by atoms with Crippen LogP contribution in [-0.4, -0.2) is 16.8 Å². The number of aromatic nitrogens is 1. The van der Waals surface area contributed by atoms with Crippen LogP contribution in [0, 0.1) is 6.92 Å². The molecule has 3 rings (SSSR count). The number of anilines is 1. The Morgan fingerprint density at radius 1 is 1.30 bits per heavy atom. The second-order valence-electron chi connectivity index (χ2n) is 5.33. The zero-order valence-electron chi connectivity index (χ0n) is 13.0. The molecule has 0 fully saturated rings. The number of fused-ring (bicyclic) bond motifs is 1. The number of carbonyl (C=O) groups is 1. The Kier molecular flexibility index (Phi) is 4.35. The maximum absolute atomic E-state index is 11.5. The molecular formula is C18H17ClN2O2. The highest BCUT2D eigenvalue weighted by Gasteiger charge is 2.14. The maximum Gasteiger partial charge on any atom is 0.239 e. The summed E-state index contributed by atoms with van der Waals surface area (Å²) in [6.07, 6.45) is 0.955. The normalized spacial score (nSPS) is 10.9. The second kappa shape index (κ2) is 6.42. The lowest BCUT2D eigenvalue weighted by molar-refractivity contribution is -0.113. The van der Waals surface area contributed by atoms with Gasteiger partial charge in [-0.2, -0.15) is 0 Å². The number of hydrogen-bond acceptors (Lipinski definition) is 3. The summed E-state index contributed by atoms with van der Waals surface area (Å²) in [5, 5.41) is 2.78. The molecule has 5 heteroatoms. The fourth-order valence-electron chi connectivity index (χ4n) is 2.49. The van der Waals surface area contributed by atoms with E-state index in [-0.39, 0.29) is 11.8 Å². The Morgan fingerprint density at radius 3 is 2.87 bits per heavy atom.